The first-order valence-corrected chi connectivity index (χ1v) is 6.82. The van der Waals surface area contributed by atoms with Crippen LogP contribution in [0.5, 0.6) is 5.75 Å². The molecule has 2 heterocycles. The Morgan fingerprint density at radius 2 is 2.05 bits per heavy atom. The van der Waals surface area contributed by atoms with Crippen LogP contribution >= 0.6 is 0 Å². The molecule has 0 radical (unpaired) electrons. The summed E-state index contributed by atoms with van der Waals surface area (Å²) in [7, 11) is 1.91. The van der Waals surface area contributed by atoms with Gasteiger partial charge in [-0.15, -0.1) is 0 Å². The van der Waals surface area contributed by atoms with E-state index in [1.807, 2.05) is 41.9 Å². The predicted molar refractivity (Wildman–Crippen MR) is 81.9 cm³/mol. The van der Waals surface area contributed by atoms with Crippen molar-refractivity contribution in [1.29, 1.82) is 0 Å². The Morgan fingerprint density at radius 3 is 2.91 bits per heavy atom. The second kappa shape index (κ2) is 4.73. The van der Waals surface area contributed by atoms with E-state index in [9.17, 15) is 4.79 Å². The third kappa shape index (κ3) is 2.03. The summed E-state index contributed by atoms with van der Waals surface area (Å²) in [5.41, 5.74) is 2.41. The number of imidazole rings is 1. The molecule has 0 amide bonds. The first-order valence-electron chi connectivity index (χ1n) is 6.82. The Bertz CT molecular complexity index is 964. The lowest BCUT2D eigenvalue weighted by Crippen LogP contribution is -2.07. The lowest BCUT2D eigenvalue weighted by Gasteiger charge is -2.02. The maximum atomic E-state index is 12.2. The van der Waals surface area contributed by atoms with Gasteiger partial charge in [-0.25, -0.2) is 9.78 Å². The van der Waals surface area contributed by atoms with Gasteiger partial charge in [-0.1, -0.05) is 18.2 Å². The Morgan fingerprint density at radius 1 is 1.18 bits per heavy atom. The van der Waals surface area contributed by atoms with Crippen LogP contribution in [-0.2, 0) is 7.05 Å². The topological polar surface area (TPSA) is 57.3 Å². The van der Waals surface area contributed by atoms with Crippen molar-refractivity contribution in [2.75, 3.05) is 0 Å². The Kier molecular flexibility index (Phi) is 2.72. The molecule has 0 fully saturated rings. The maximum absolute atomic E-state index is 12.2. The molecule has 2 aromatic carbocycles. The molecule has 0 unspecified atom stereocenters. The monoisotopic (exact) mass is 292 g/mol. The van der Waals surface area contributed by atoms with Crippen molar-refractivity contribution in [3.05, 3.63) is 60.6 Å². The lowest BCUT2D eigenvalue weighted by atomic mass is 10.2. The number of benzene rings is 2. The minimum absolute atomic E-state index is 0.183. The van der Waals surface area contributed by atoms with E-state index in [0.29, 0.717) is 11.3 Å². The summed E-state index contributed by atoms with van der Waals surface area (Å²) in [6, 6.07) is 14.5. The van der Waals surface area contributed by atoms with Crippen molar-refractivity contribution in [1.82, 2.24) is 9.55 Å². The van der Waals surface area contributed by atoms with E-state index < -0.39 is 5.97 Å². The molecular weight excluding hydrogens is 280 g/mol. The van der Waals surface area contributed by atoms with Crippen LogP contribution in [0.15, 0.2) is 59.3 Å². The highest BCUT2D eigenvalue weighted by Crippen LogP contribution is 2.23. The standard InChI is InChI=1S/C17H12N2O3/c1-19-10-18-13-9-12(6-7-14(13)19)21-17(20)16-8-11-4-2-3-5-15(11)22-16/h2-10H,1H3. The van der Waals surface area contributed by atoms with Crippen LogP contribution in [-0.4, -0.2) is 15.5 Å². The lowest BCUT2D eigenvalue weighted by molar-refractivity contribution is 0.0704. The molecule has 4 aromatic rings. The second-order valence-corrected chi connectivity index (χ2v) is 5.04. The normalized spacial score (nSPS) is 11.1. The van der Waals surface area contributed by atoms with E-state index in [1.165, 1.54) is 0 Å². The summed E-state index contributed by atoms with van der Waals surface area (Å²) < 4.78 is 12.8. The molecule has 0 bridgehead atoms. The maximum Gasteiger partial charge on any atom is 0.379 e. The zero-order chi connectivity index (χ0) is 15.1. The minimum atomic E-state index is -0.522. The van der Waals surface area contributed by atoms with Crippen molar-refractivity contribution in [3.63, 3.8) is 0 Å². The van der Waals surface area contributed by atoms with Gasteiger partial charge >= 0.3 is 5.97 Å². The number of hydrogen-bond acceptors (Lipinski definition) is 4. The molecular formula is C17H12N2O3. The summed E-state index contributed by atoms with van der Waals surface area (Å²) in [4.78, 5) is 16.4. The molecule has 0 aliphatic heterocycles. The van der Waals surface area contributed by atoms with Gasteiger partial charge < -0.3 is 13.7 Å². The van der Waals surface area contributed by atoms with Crippen LogP contribution in [0, 0.1) is 0 Å². The molecule has 5 heteroatoms. The van der Waals surface area contributed by atoms with Crippen molar-refractivity contribution < 1.29 is 13.9 Å². The van der Waals surface area contributed by atoms with E-state index in [4.69, 9.17) is 9.15 Å². The Labute approximate surface area is 125 Å². The molecule has 0 aliphatic carbocycles. The van der Waals surface area contributed by atoms with Crippen LogP contribution in [0.1, 0.15) is 10.6 Å². The number of nitrogens with zero attached hydrogens (tertiary/aromatic N) is 2. The molecule has 2 aromatic heterocycles. The Hall–Kier alpha value is -3.08. The third-order valence-corrected chi connectivity index (χ3v) is 3.53. The SMILES string of the molecule is Cn1cnc2cc(OC(=O)c3cc4ccccc4o3)ccc21. The highest BCUT2D eigenvalue weighted by atomic mass is 16.5. The van der Waals surface area contributed by atoms with Gasteiger partial charge in [0.2, 0.25) is 5.76 Å². The zero-order valence-corrected chi connectivity index (χ0v) is 11.8. The molecule has 0 spiro atoms. The second-order valence-electron chi connectivity index (χ2n) is 5.04. The fraction of sp³-hybridized carbons (Fsp3) is 0.0588. The number of furan rings is 1. The number of esters is 1. The number of para-hydroxylation sites is 1. The van der Waals surface area contributed by atoms with Crippen molar-refractivity contribution >= 4 is 28.0 Å². The number of aromatic nitrogens is 2. The van der Waals surface area contributed by atoms with Gasteiger partial charge in [-0.2, -0.15) is 0 Å². The highest BCUT2D eigenvalue weighted by Gasteiger charge is 2.15. The van der Waals surface area contributed by atoms with Crippen LogP contribution in [0.3, 0.4) is 0 Å². The van der Waals surface area contributed by atoms with Gasteiger partial charge in [0.25, 0.3) is 0 Å². The van der Waals surface area contributed by atoms with E-state index in [2.05, 4.69) is 4.98 Å². The molecule has 0 saturated carbocycles. The zero-order valence-electron chi connectivity index (χ0n) is 11.8. The highest BCUT2D eigenvalue weighted by molar-refractivity contribution is 5.94. The number of hydrogen-bond donors (Lipinski definition) is 0. The molecule has 4 rings (SSSR count). The summed E-state index contributed by atoms with van der Waals surface area (Å²) in [5.74, 6) is 0.102. The summed E-state index contributed by atoms with van der Waals surface area (Å²) >= 11 is 0. The van der Waals surface area contributed by atoms with E-state index >= 15 is 0 Å². The van der Waals surface area contributed by atoms with Crippen molar-refractivity contribution in [2.45, 2.75) is 0 Å². The van der Waals surface area contributed by atoms with Crippen LogP contribution in [0.2, 0.25) is 0 Å². The first kappa shape index (κ1) is 12.6. The van der Waals surface area contributed by atoms with E-state index in [1.54, 1.807) is 24.5 Å². The van der Waals surface area contributed by atoms with Gasteiger partial charge in [0, 0.05) is 18.5 Å². The molecule has 108 valence electrons. The van der Waals surface area contributed by atoms with Gasteiger partial charge in [-0.05, 0) is 24.3 Å². The fourth-order valence-electron chi connectivity index (χ4n) is 2.42. The smallest absolute Gasteiger partial charge is 0.379 e. The fourth-order valence-corrected chi connectivity index (χ4v) is 2.42. The quantitative estimate of drug-likeness (QED) is 0.419. The molecule has 22 heavy (non-hydrogen) atoms. The van der Waals surface area contributed by atoms with Gasteiger partial charge in [0.1, 0.15) is 11.3 Å². The summed E-state index contributed by atoms with van der Waals surface area (Å²) in [6.07, 6.45) is 1.72. The van der Waals surface area contributed by atoms with Gasteiger partial charge in [0.15, 0.2) is 0 Å². The van der Waals surface area contributed by atoms with Crippen molar-refractivity contribution in [3.8, 4) is 5.75 Å². The van der Waals surface area contributed by atoms with E-state index in [-0.39, 0.29) is 5.76 Å². The number of carbonyl (C=O) groups is 1. The molecule has 0 N–H and O–H groups in total. The molecule has 5 nitrogen and oxygen atoms in total. The van der Waals surface area contributed by atoms with Gasteiger partial charge in [0.05, 0.1) is 17.4 Å². The Balaban J connectivity index is 1.64. The van der Waals surface area contributed by atoms with Crippen LogP contribution in [0.25, 0.3) is 22.0 Å². The van der Waals surface area contributed by atoms with Crippen molar-refractivity contribution in [2.24, 2.45) is 7.05 Å². The molecule has 0 aliphatic rings. The average molecular weight is 292 g/mol. The summed E-state index contributed by atoms with van der Waals surface area (Å²) in [6.45, 7) is 0. The third-order valence-electron chi connectivity index (χ3n) is 3.53. The number of rotatable bonds is 2. The number of carbonyl (C=O) groups excluding carboxylic acids is 1. The molecule has 0 atom stereocenters. The van der Waals surface area contributed by atoms with Crippen LogP contribution < -0.4 is 4.74 Å². The predicted octanol–water partition coefficient (Wildman–Crippen LogP) is 3.54. The summed E-state index contributed by atoms with van der Waals surface area (Å²) in [5, 5.41) is 0.870. The van der Waals surface area contributed by atoms with Crippen LogP contribution in [0.4, 0.5) is 0 Å². The first-order chi connectivity index (χ1) is 10.7. The number of aryl methyl sites for hydroxylation is 1. The van der Waals surface area contributed by atoms with E-state index in [0.717, 1.165) is 16.4 Å². The number of fused-ring (bicyclic) bond motifs is 2. The largest absolute Gasteiger partial charge is 0.449 e. The molecule has 0 saturated heterocycles. The van der Waals surface area contributed by atoms with Gasteiger partial charge in [-0.3, -0.25) is 0 Å². The average Bonchev–Trinajstić information content (AvgIpc) is 3.11. The number of ether oxygens (including phenoxy) is 1. The minimum Gasteiger partial charge on any atom is -0.449 e.